The van der Waals surface area contributed by atoms with E-state index in [-0.39, 0.29) is 5.91 Å². The molecule has 2 aromatic rings. The van der Waals surface area contributed by atoms with Gasteiger partial charge >= 0.3 is 0 Å². The standard InChI is InChI=1S/C15H20N4O/c1-2-14-17-10-12-19(14)11-6-15(20)18-9-5-13-3-7-16-8-4-13/h3-4,7-8,10,12H,2,5-6,9,11H2,1H3,(H,18,20). The lowest BCUT2D eigenvalue weighted by Crippen LogP contribution is -2.26. The van der Waals surface area contributed by atoms with Crippen LogP contribution in [-0.4, -0.2) is 27.0 Å². The summed E-state index contributed by atoms with van der Waals surface area (Å²) in [5, 5.41) is 2.94. The van der Waals surface area contributed by atoms with Gasteiger partial charge in [0.05, 0.1) is 0 Å². The van der Waals surface area contributed by atoms with Gasteiger partial charge in [-0.3, -0.25) is 9.78 Å². The van der Waals surface area contributed by atoms with E-state index in [9.17, 15) is 4.79 Å². The third-order valence-corrected chi connectivity index (χ3v) is 3.18. The maximum atomic E-state index is 11.8. The molecule has 0 aliphatic rings. The van der Waals surface area contributed by atoms with Crippen LogP contribution in [0.15, 0.2) is 36.9 Å². The summed E-state index contributed by atoms with van der Waals surface area (Å²) in [5.74, 6) is 1.10. The van der Waals surface area contributed by atoms with Crippen LogP contribution < -0.4 is 5.32 Å². The van der Waals surface area contributed by atoms with Crippen molar-refractivity contribution in [1.82, 2.24) is 19.9 Å². The number of nitrogens with one attached hydrogen (secondary N) is 1. The summed E-state index contributed by atoms with van der Waals surface area (Å²) in [4.78, 5) is 20.0. The molecule has 0 aromatic carbocycles. The number of hydrogen-bond donors (Lipinski definition) is 1. The van der Waals surface area contributed by atoms with Crippen molar-refractivity contribution in [2.45, 2.75) is 32.7 Å². The number of aryl methyl sites for hydroxylation is 2. The molecule has 0 atom stereocenters. The minimum atomic E-state index is 0.0785. The van der Waals surface area contributed by atoms with Crippen molar-refractivity contribution in [1.29, 1.82) is 0 Å². The van der Waals surface area contributed by atoms with Gasteiger partial charge in [0.2, 0.25) is 5.91 Å². The van der Waals surface area contributed by atoms with Crippen LogP contribution in [0.25, 0.3) is 0 Å². The Labute approximate surface area is 119 Å². The van der Waals surface area contributed by atoms with Crippen molar-refractivity contribution < 1.29 is 4.79 Å². The predicted molar refractivity (Wildman–Crippen MR) is 77.2 cm³/mol. The van der Waals surface area contributed by atoms with Crippen LogP contribution >= 0.6 is 0 Å². The highest BCUT2D eigenvalue weighted by Crippen LogP contribution is 2.00. The van der Waals surface area contributed by atoms with Crippen LogP contribution in [0.3, 0.4) is 0 Å². The maximum Gasteiger partial charge on any atom is 0.221 e. The highest BCUT2D eigenvalue weighted by molar-refractivity contribution is 5.75. The zero-order chi connectivity index (χ0) is 14.2. The average molecular weight is 272 g/mol. The van der Waals surface area contributed by atoms with Gasteiger partial charge < -0.3 is 9.88 Å². The first kappa shape index (κ1) is 14.2. The average Bonchev–Trinajstić information content (AvgIpc) is 2.94. The van der Waals surface area contributed by atoms with E-state index in [0.29, 0.717) is 19.5 Å². The zero-order valence-corrected chi connectivity index (χ0v) is 11.7. The van der Waals surface area contributed by atoms with Gasteiger partial charge in [0, 0.05) is 50.7 Å². The molecule has 2 heterocycles. The molecular formula is C15H20N4O. The fourth-order valence-electron chi connectivity index (χ4n) is 2.06. The van der Waals surface area contributed by atoms with E-state index in [4.69, 9.17) is 0 Å². The van der Waals surface area contributed by atoms with Gasteiger partial charge in [0.1, 0.15) is 5.82 Å². The molecule has 5 heteroatoms. The van der Waals surface area contributed by atoms with Crippen LogP contribution in [-0.2, 0) is 24.2 Å². The normalized spacial score (nSPS) is 10.4. The highest BCUT2D eigenvalue weighted by atomic mass is 16.1. The number of amides is 1. The van der Waals surface area contributed by atoms with Crippen molar-refractivity contribution >= 4 is 5.91 Å². The fourth-order valence-corrected chi connectivity index (χ4v) is 2.06. The number of aromatic nitrogens is 3. The molecular weight excluding hydrogens is 252 g/mol. The monoisotopic (exact) mass is 272 g/mol. The van der Waals surface area contributed by atoms with Gasteiger partial charge in [-0.15, -0.1) is 0 Å². The zero-order valence-electron chi connectivity index (χ0n) is 11.7. The lowest BCUT2D eigenvalue weighted by Gasteiger charge is -2.07. The molecule has 0 unspecified atom stereocenters. The topological polar surface area (TPSA) is 59.8 Å². The van der Waals surface area contributed by atoms with E-state index >= 15 is 0 Å². The first-order valence-corrected chi connectivity index (χ1v) is 6.95. The van der Waals surface area contributed by atoms with Crippen molar-refractivity contribution in [3.8, 4) is 0 Å². The largest absolute Gasteiger partial charge is 0.356 e. The van der Waals surface area contributed by atoms with Crippen molar-refractivity contribution in [3.05, 3.63) is 48.3 Å². The van der Waals surface area contributed by atoms with E-state index in [1.54, 1.807) is 18.6 Å². The Balaban J connectivity index is 1.68. The molecule has 0 saturated carbocycles. The van der Waals surface area contributed by atoms with Crippen LogP contribution in [0.5, 0.6) is 0 Å². The molecule has 0 aliphatic heterocycles. The summed E-state index contributed by atoms with van der Waals surface area (Å²) in [6.45, 7) is 3.41. The Morgan fingerprint density at radius 3 is 2.85 bits per heavy atom. The molecule has 5 nitrogen and oxygen atoms in total. The highest BCUT2D eigenvalue weighted by Gasteiger charge is 2.04. The van der Waals surface area contributed by atoms with E-state index < -0.39 is 0 Å². The molecule has 0 saturated heterocycles. The summed E-state index contributed by atoms with van der Waals surface area (Å²) in [7, 11) is 0. The van der Waals surface area contributed by atoms with E-state index in [0.717, 1.165) is 18.7 Å². The second kappa shape index (κ2) is 7.43. The number of hydrogen-bond acceptors (Lipinski definition) is 3. The van der Waals surface area contributed by atoms with Gasteiger partial charge in [-0.05, 0) is 24.1 Å². The molecule has 1 N–H and O–H groups in total. The Kier molecular flexibility index (Phi) is 5.29. The van der Waals surface area contributed by atoms with E-state index in [1.165, 1.54) is 5.56 Å². The third kappa shape index (κ3) is 4.19. The van der Waals surface area contributed by atoms with Gasteiger partial charge in [0.25, 0.3) is 0 Å². The second-order valence-corrected chi connectivity index (χ2v) is 4.60. The number of nitrogens with zero attached hydrogens (tertiary/aromatic N) is 3. The molecule has 0 radical (unpaired) electrons. The van der Waals surface area contributed by atoms with Gasteiger partial charge in [0.15, 0.2) is 0 Å². The SMILES string of the molecule is CCc1nccn1CCC(=O)NCCc1ccncc1. The minimum absolute atomic E-state index is 0.0785. The molecule has 0 fully saturated rings. The summed E-state index contributed by atoms with van der Waals surface area (Å²) in [6.07, 6.45) is 9.43. The molecule has 1 amide bonds. The molecule has 0 aliphatic carbocycles. The molecule has 0 bridgehead atoms. The summed E-state index contributed by atoms with van der Waals surface area (Å²) in [6, 6.07) is 3.93. The van der Waals surface area contributed by atoms with Crippen LogP contribution in [0.1, 0.15) is 24.7 Å². The first-order chi connectivity index (χ1) is 9.79. The Bertz CT molecular complexity index is 536. The molecule has 106 valence electrons. The van der Waals surface area contributed by atoms with Crippen LogP contribution in [0, 0.1) is 0 Å². The van der Waals surface area contributed by atoms with E-state index in [1.807, 2.05) is 22.9 Å². The van der Waals surface area contributed by atoms with Crippen LogP contribution in [0.2, 0.25) is 0 Å². The third-order valence-electron chi connectivity index (χ3n) is 3.18. The fraction of sp³-hybridized carbons (Fsp3) is 0.400. The number of pyridine rings is 1. The van der Waals surface area contributed by atoms with Crippen molar-refractivity contribution in [3.63, 3.8) is 0 Å². The maximum absolute atomic E-state index is 11.8. The minimum Gasteiger partial charge on any atom is -0.356 e. The van der Waals surface area contributed by atoms with Gasteiger partial charge in [-0.2, -0.15) is 0 Å². The second-order valence-electron chi connectivity index (χ2n) is 4.60. The Hall–Kier alpha value is -2.17. The summed E-state index contributed by atoms with van der Waals surface area (Å²) in [5.41, 5.74) is 1.18. The lowest BCUT2D eigenvalue weighted by atomic mass is 10.2. The van der Waals surface area contributed by atoms with Gasteiger partial charge in [-0.25, -0.2) is 4.98 Å². The number of carbonyl (C=O) groups excluding carboxylic acids is 1. The molecule has 20 heavy (non-hydrogen) atoms. The lowest BCUT2D eigenvalue weighted by molar-refractivity contribution is -0.121. The molecule has 2 rings (SSSR count). The Morgan fingerprint density at radius 2 is 2.10 bits per heavy atom. The molecule has 2 aromatic heterocycles. The smallest absolute Gasteiger partial charge is 0.221 e. The van der Waals surface area contributed by atoms with Crippen molar-refractivity contribution in [2.24, 2.45) is 0 Å². The van der Waals surface area contributed by atoms with Crippen molar-refractivity contribution in [2.75, 3.05) is 6.54 Å². The molecule has 0 spiro atoms. The number of carbonyl (C=O) groups is 1. The summed E-state index contributed by atoms with van der Waals surface area (Å²) < 4.78 is 2.03. The van der Waals surface area contributed by atoms with Gasteiger partial charge in [-0.1, -0.05) is 6.92 Å². The Morgan fingerprint density at radius 1 is 1.30 bits per heavy atom. The van der Waals surface area contributed by atoms with E-state index in [2.05, 4.69) is 22.2 Å². The summed E-state index contributed by atoms with van der Waals surface area (Å²) >= 11 is 0. The predicted octanol–water partition coefficient (Wildman–Crippen LogP) is 1.59. The quantitative estimate of drug-likeness (QED) is 0.832. The van der Waals surface area contributed by atoms with Crippen LogP contribution in [0.4, 0.5) is 0 Å². The number of imidazole rings is 1. The number of rotatable bonds is 7. The first-order valence-electron chi connectivity index (χ1n) is 6.95.